The van der Waals surface area contributed by atoms with Crippen LogP contribution in [-0.4, -0.2) is 58.4 Å². The second kappa shape index (κ2) is 8.07. The summed E-state index contributed by atoms with van der Waals surface area (Å²) in [6.45, 7) is 9.23. The molecule has 0 aliphatic carbocycles. The number of nitrogens with one attached hydrogen (secondary N) is 1. The molecule has 1 aromatic heterocycles. The Balaban J connectivity index is 1.68. The second-order valence-corrected chi connectivity index (χ2v) is 7.96. The largest absolute Gasteiger partial charge is 0.350 e. The van der Waals surface area contributed by atoms with Crippen molar-refractivity contribution in [2.75, 3.05) is 25.1 Å². The lowest BCUT2D eigenvalue weighted by atomic mass is 10.0. The Hall–Kier alpha value is -2.93. The fourth-order valence-electron chi connectivity index (χ4n) is 4.00. The number of amides is 1. The van der Waals surface area contributed by atoms with Gasteiger partial charge in [-0.15, -0.1) is 0 Å². The Morgan fingerprint density at radius 1 is 1.27 bits per heavy atom. The molecule has 1 fully saturated rings. The molecule has 2 aliphatic rings. The van der Waals surface area contributed by atoms with Crippen molar-refractivity contribution >= 4 is 29.2 Å². The predicted octanol–water partition coefficient (Wildman–Crippen LogP) is 3.78. The number of hydrogen-bond acceptors (Lipinski definition) is 5. The van der Waals surface area contributed by atoms with E-state index in [1.807, 2.05) is 11.8 Å². The zero-order valence-corrected chi connectivity index (χ0v) is 17.7. The summed E-state index contributed by atoms with van der Waals surface area (Å²) in [7, 11) is 0. The van der Waals surface area contributed by atoms with Gasteiger partial charge in [-0.2, -0.15) is 0 Å². The molecule has 156 valence electrons. The first-order valence-corrected chi connectivity index (χ1v) is 10.2. The topological polar surface area (TPSA) is 60.8 Å². The number of aliphatic imine (C=N–C) groups is 1. The first-order chi connectivity index (χ1) is 14.4. The third-order valence-electron chi connectivity index (χ3n) is 5.54. The van der Waals surface area contributed by atoms with Gasteiger partial charge in [-0.3, -0.25) is 4.79 Å². The van der Waals surface area contributed by atoms with Crippen molar-refractivity contribution in [3.63, 3.8) is 0 Å². The van der Waals surface area contributed by atoms with E-state index in [1.54, 1.807) is 24.3 Å². The van der Waals surface area contributed by atoms with Crippen molar-refractivity contribution in [1.29, 1.82) is 0 Å². The van der Waals surface area contributed by atoms with Crippen molar-refractivity contribution in [2.24, 2.45) is 4.99 Å². The predicted molar refractivity (Wildman–Crippen MR) is 117 cm³/mol. The number of rotatable bonds is 2. The number of halogens is 2. The number of nitrogens with zero attached hydrogens (tertiary/aromatic N) is 4. The average Bonchev–Trinajstić information content (AvgIpc) is 2.74. The van der Waals surface area contributed by atoms with E-state index in [2.05, 4.69) is 33.7 Å². The van der Waals surface area contributed by atoms with Gasteiger partial charge in [0.1, 0.15) is 24.1 Å². The van der Waals surface area contributed by atoms with Crippen LogP contribution in [-0.2, 0) is 4.79 Å². The standard InChI is InChI=1S/C22H23ClFN5O/c1-4-19(30)28-10-14(3)29(11-13(28)2)22-16-9-17(23)20(27-21(16)25-12-26-22)15-7-5-6-8-18(15)24/h4-9,13-14H,1,10-12H2,2-3H3,(H,25,27). The fourth-order valence-corrected chi connectivity index (χ4v) is 4.26. The summed E-state index contributed by atoms with van der Waals surface area (Å²) in [6, 6.07) is 8.29. The van der Waals surface area contributed by atoms with Crippen LogP contribution in [0.1, 0.15) is 19.4 Å². The summed E-state index contributed by atoms with van der Waals surface area (Å²) >= 11 is 6.53. The third-order valence-corrected chi connectivity index (χ3v) is 5.83. The molecule has 30 heavy (non-hydrogen) atoms. The van der Waals surface area contributed by atoms with Gasteiger partial charge in [-0.1, -0.05) is 30.3 Å². The van der Waals surface area contributed by atoms with E-state index in [9.17, 15) is 9.18 Å². The summed E-state index contributed by atoms with van der Waals surface area (Å²) in [5.41, 5.74) is 1.52. The number of anilines is 1. The molecule has 4 rings (SSSR count). The first-order valence-electron chi connectivity index (χ1n) is 9.84. The lowest BCUT2D eigenvalue weighted by Gasteiger charge is -2.45. The quantitative estimate of drug-likeness (QED) is 0.741. The van der Waals surface area contributed by atoms with E-state index < -0.39 is 0 Å². The van der Waals surface area contributed by atoms with Crippen molar-refractivity contribution in [2.45, 2.75) is 25.9 Å². The molecule has 8 heteroatoms. The number of pyridine rings is 1. The first kappa shape index (κ1) is 20.3. The number of amidine groups is 1. The molecule has 2 atom stereocenters. The van der Waals surface area contributed by atoms with E-state index in [0.717, 1.165) is 11.4 Å². The minimum Gasteiger partial charge on any atom is -0.350 e. The molecular formula is C22H23ClFN5O. The molecule has 2 aromatic rings. The summed E-state index contributed by atoms with van der Waals surface area (Å²) in [5, 5.41) is 3.52. The maximum absolute atomic E-state index is 14.3. The molecular weight excluding hydrogens is 405 g/mol. The highest BCUT2D eigenvalue weighted by Crippen LogP contribution is 2.34. The zero-order chi connectivity index (χ0) is 21.4. The van der Waals surface area contributed by atoms with E-state index in [0.29, 0.717) is 41.9 Å². The van der Waals surface area contributed by atoms with E-state index in [4.69, 9.17) is 11.6 Å². The van der Waals surface area contributed by atoms with Crippen molar-refractivity contribution in [3.8, 4) is 11.3 Å². The molecule has 6 nitrogen and oxygen atoms in total. The summed E-state index contributed by atoms with van der Waals surface area (Å²) in [6.07, 6.45) is 1.35. The van der Waals surface area contributed by atoms with Crippen molar-refractivity contribution in [3.05, 3.63) is 59.4 Å². The number of carbonyl (C=O) groups is 1. The van der Waals surface area contributed by atoms with E-state index in [1.165, 1.54) is 12.1 Å². The van der Waals surface area contributed by atoms with Crippen LogP contribution in [0.15, 0.2) is 48.0 Å². The number of hydrogen-bond donors (Lipinski definition) is 1. The van der Waals surface area contributed by atoms with Crippen LogP contribution in [0.5, 0.6) is 0 Å². The van der Waals surface area contributed by atoms with Gasteiger partial charge in [0, 0.05) is 30.7 Å². The van der Waals surface area contributed by atoms with Gasteiger partial charge < -0.3 is 15.1 Å². The summed E-state index contributed by atoms with van der Waals surface area (Å²) in [4.78, 5) is 25.4. The van der Waals surface area contributed by atoms with E-state index >= 15 is 0 Å². The molecule has 0 saturated carbocycles. The van der Waals surface area contributed by atoms with Gasteiger partial charge >= 0.3 is 0 Å². The van der Waals surface area contributed by atoms with Gasteiger partial charge in [0.2, 0.25) is 5.91 Å². The van der Waals surface area contributed by atoms with Crippen molar-refractivity contribution < 1.29 is 9.18 Å². The highest BCUT2D eigenvalue weighted by molar-refractivity contribution is 6.33. The van der Waals surface area contributed by atoms with Gasteiger partial charge in [0.25, 0.3) is 0 Å². The zero-order valence-electron chi connectivity index (χ0n) is 16.9. The molecule has 1 N–H and O–H groups in total. The van der Waals surface area contributed by atoms with Crippen LogP contribution in [0, 0.1) is 5.82 Å². The summed E-state index contributed by atoms with van der Waals surface area (Å²) in [5.74, 6) is 0.957. The van der Waals surface area contributed by atoms with Crippen molar-refractivity contribution in [1.82, 2.24) is 14.8 Å². The van der Waals surface area contributed by atoms with Gasteiger partial charge in [0.15, 0.2) is 0 Å². The molecule has 3 heterocycles. The normalized spacial score (nSPS) is 20.9. The molecule has 0 radical (unpaired) electrons. The Bertz CT molecular complexity index is 1040. The molecule has 1 saturated heterocycles. The van der Waals surface area contributed by atoms with Crippen LogP contribution in [0.3, 0.4) is 0 Å². The molecule has 1 aromatic carbocycles. The second-order valence-electron chi connectivity index (χ2n) is 7.56. The number of fused-ring (bicyclic) bond motifs is 1. The average molecular weight is 428 g/mol. The SMILES string of the molecule is C=CC(=O)N1CC(C)N(C2=NCNc3nc(-c4ccccc4F)c(Cl)cc32)CC1C. The van der Waals surface area contributed by atoms with Crippen LogP contribution in [0.25, 0.3) is 11.3 Å². The lowest BCUT2D eigenvalue weighted by Crippen LogP contribution is -2.59. The number of piperazine rings is 1. The highest BCUT2D eigenvalue weighted by atomic mass is 35.5. The molecule has 0 spiro atoms. The minimum absolute atomic E-state index is 0.00820. The third kappa shape index (κ3) is 3.54. The molecule has 2 unspecified atom stereocenters. The smallest absolute Gasteiger partial charge is 0.246 e. The Labute approximate surface area is 180 Å². The molecule has 1 amide bonds. The van der Waals surface area contributed by atoms with Crippen LogP contribution >= 0.6 is 11.6 Å². The Morgan fingerprint density at radius 3 is 2.77 bits per heavy atom. The Morgan fingerprint density at radius 2 is 2.03 bits per heavy atom. The van der Waals surface area contributed by atoms with Crippen LogP contribution < -0.4 is 5.32 Å². The number of aromatic nitrogens is 1. The number of benzene rings is 1. The minimum atomic E-state index is -0.373. The maximum Gasteiger partial charge on any atom is 0.246 e. The van der Waals surface area contributed by atoms with E-state index in [-0.39, 0.29) is 23.8 Å². The van der Waals surface area contributed by atoms with Gasteiger partial charge in [-0.25, -0.2) is 14.4 Å². The highest BCUT2D eigenvalue weighted by Gasteiger charge is 2.35. The maximum atomic E-state index is 14.3. The molecule has 0 bridgehead atoms. The lowest BCUT2D eigenvalue weighted by molar-refractivity contribution is -0.130. The summed E-state index contributed by atoms with van der Waals surface area (Å²) < 4.78 is 14.3. The van der Waals surface area contributed by atoms with Gasteiger partial charge in [0.05, 0.1) is 16.3 Å². The van der Waals surface area contributed by atoms with Crippen LogP contribution in [0.4, 0.5) is 10.2 Å². The number of carbonyl (C=O) groups excluding carboxylic acids is 1. The fraction of sp³-hybridized carbons (Fsp3) is 0.318. The van der Waals surface area contributed by atoms with Crippen LogP contribution in [0.2, 0.25) is 5.02 Å². The molecule has 2 aliphatic heterocycles. The van der Waals surface area contributed by atoms with Gasteiger partial charge in [-0.05, 0) is 38.1 Å². The monoisotopic (exact) mass is 427 g/mol. The Kier molecular flexibility index (Phi) is 5.47.